The van der Waals surface area contributed by atoms with Gasteiger partial charge in [-0.3, -0.25) is 14.6 Å². The molecule has 3 saturated heterocycles. The standard InChI is InChI=1S/C34H44N4O3/c1-40-32-8-4-7-31(24-32)36-15-17-38(18-16-36)34(39)12-11-30-26-35(14-13-33(30)37-19-21-41-22-20-37)25-27-9-10-28-5-2-3-6-29(28)23-27/h2-10,23-24,30,33H,11-22,25-26H2,1H3/t30-,33+/m1/s1. The maximum atomic E-state index is 13.4. The molecule has 3 heterocycles. The van der Waals surface area contributed by atoms with Gasteiger partial charge in [-0.2, -0.15) is 0 Å². The van der Waals surface area contributed by atoms with E-state index >= 15 is 0 Å². The number of benzene rings is 3. The maximum absolute atomic E-state index is 13.4. The summed E-state index contributed by atoms with van der Waals surface area (Å²) in [4.78, 5) is 23.1. The number of carbonyl (C=O) groups is 1. The summed E-state index contributed by atoms with van der Waals surface area (Å²) in [5, 5.41) is 2.60. The molecule has 3 aliphatic rings. The molecule has 3 aliphatic heterocycles. The summed E-state index contributed by atoms with van der Waals surface area (Å²) < 4.78 is 11.1. The molecule has 218 valence electrons. The highest BCUT2D eigenvalue weighted by Crippen LogP contribution is 2.29. The second-order valence-corrected chi connectivity index (χ2v) is 11.8. The summed E-state index contributed by atoms with van der Waals surface area (Å²) in [6.45, 7) is 10.0. The van der Waals surface area contributed by atoms with Crippen molar-refractivity contribution in [3.63, 3.8) is 0 Å². The third kappa shape index (κ3) is 6.85. The zero-order valence-corrected chi connectivity index (χ0v) is 24.4. The zero-order chi connectivity index (χ0) is 28.0. The van der Waals surface area contributed by atoms with Crippen LogP contribution in [0.3, 0.4) is 0 Å². The molecule has 6 rings (SSSR count). The summed E-state index contributed by atoms with van der Waals surface area (Å²) in [7, 11) is 1.70. The molecule has 3 aromatic rings. The van der Waals surface area contributed by atoms with Crippen molar-refractivity contribution in [3.05, 3.63) is 72.3 Å². The van der Waals surface area contributed by atoms with E-state index in [1.54, 1.807) is 7.11 Å². The molecule has 0 unspecified atom stereocenters. The fraction of sp³-hybridized carbons (Fsp3) is 0.500. The predicted octanol–water partition coefficient (Wildman–Crippen LogP) is 4.50. The largest absolute Gasteiger partial charge is 0.497 e. The van der Waals surface area contributed by atoms with E-state index in [0.717, 1.165) is 90.7 Å². The van der Waals surface area contributed by atoms with Crippen LogP contribution in [0.15, 0.2) is 66.7 Å². The maximum Gasteiger partial charge on any atom is 0.222 e. The van der Waals surface area contributed by atoms with Crippen molar-refractivity contribution in [3.8, 4) is 5.75 Å². The first kappa shape index (κ1) is 28.0. The number of piperazine rings is 1. The van der Waals surface area contributed by atoms with Crippen LogP contribution in [-0.4, -0.2) is 99.3 Å². The Morgan fingerprint density at radius 1 is 0.878 bits per heavy atom. The first-order chi connectivity index (χ1) is 20.2. The molecule has 1 amide bonds. The van der Waals surface area contributed by atoms with Gasteiger partial charge in [-0.1, -0.05) is 42.5 Å². The summed E-state index contributed by atoms with van der Waals surface area (Å²) >= 11 is 0. The number of likely N-dealkylation sites (tertiary alicyclic amines) is 1. The van der Waals surface area contributed by atoms with Crippen LogP contribution >= 0.6 is 0 Å². The van der Waals surface area contributed by atoms with Gasteiger partial charge in [-0.25, -0.2) is 0 Å². The van der Waals surface area contributed by atoms with Crippen molar-refractivity contribution in [1.82, 2.24) is 14.7 Å². The molecule has 7 heteroatoms. The molecule has 7 nitrogen and oxygen atoms in total. The van der Waals surface area contributed by atoms with Gasteiger partial charge in [0.25, 0.3) is 0 Å². The van der Waals surface area contributed by atoms with E-state index in [1.165, 1.54) is 22.0 Å². The Balaban J connectivity index is 1.06. The van der Waals surface area contributed by atoms with Gasteiger partial charge in [0, 0.05) is 76.6 Å². The van der Waals surface area contributed by atoms with Gasteiger partial charge in [0.05, 0.1) is 20.3 Å². The number of amides is 1. The lowest BCUT2D eigenvalue weighted by atomic mass is 9.86. The van der Waals surface area contributed by atoms with Crippen LogP contribution in [0.25, 0.3) is 10.8 Å². The quantitative estimate of drug-likeness (QED) is 0.407. The first-order valence-corrected chi connectivity index (χ1v) is 15.3. The average Bonchev–Trinajstić information content (AvgIpc) is 3.04. The first-order valence-electron chi connectivity index (χ1n) is 15.3. The monoisotopic (exact) mass is 556 g/mol. The van der Waals surface area contributed by atoms with Crippen molar-refractivity contribution >= 4 is 22.4 Å². The van der Waals surface area contributed by atoms with E-state index in [-0.39, 0.29) is 0 Å². The molecular weight excluding hydrogens is 512 g/mol. The smallest absolute Gasteiger partial charge is 0.222 e. The fourth-order valence-corrected chi connectivity index (χ4v) is 7.00. The highest BCUT2D eigenvalue weighted by Gasteiger charge is 2.34. The Bertz CT molecular complexity index is 1300. The molecule has 0 bridgehead atoms. The normalized spacial score (nSPS) is 22.7. The van der Waals surface area contributed by atoms with Crippen LogP contribution < -0.4 is 9.64 Å². The Morgan fingerprint density at radius 2 is 1.68 bits per heavy atom. The Hall–Kier alpha value is -3.13. The summed E-state index contributed by atoms with van der Waals surface area (Å²) in [5.74, 6) is 1.67. The summed E-state index contributed by atoms with van der Waals surface area (Å²) in [6, 6.07) is 24.2. The molecule has 3 aromatic carbocycles. The van der Waals surface area contributed by atoms with E-state index in [9.17, 15) is 4.79 Å². The number of morpholine rings is 1. The number of hydrogen-bond donors (Lipinski definition) is 0. The molecule has 0 radical (unpaired) electrons. The van der Waals surface area contributed by atoms with Crippen molar-refractivity contribution in [1.29, 1.82) is 0 Å². The highest BCUT2D eigenvalue weighted by molar-refractivity contribution is 5.83. The van der Waals surface area contributed by atoms with E-state index in [1.807, 2.05) is 12.1 Å². The number of ether oxygens (including phenoxy) is 2. The highest BCUT2D eigenvalue weighted by atomic mass is 16.5. The molecule has 0 aliphatic carbocycles. The minimum absolute atomic E-state index is 0.308. The van der Waals surface area contributed by atoms with Crippen molar-refractivity contribution in [2.75, 3.05) is 77.6 Å². The van der Waals surface area contributed by atoms with Gasteiger partial charge in [0.1, 0.15) is 5.75 Å². The Morgan fingerprint density at radius 3 is 2.49 bits per heavy atom. The topological polar surface area (TPSA) is 48.5 Å². The van der Waals surface area contributed by atoms with E-state index < -0.39 is 0 Å². The lowest BCUT2D eigenvalue weighted by Gasteiger charge is -2.45. The molecule has 0 saturated carbocycles. The molecule has 0 spiro atoms. The van der Waals surface area contributed by atoms with Gasteiger partial charge >= 0.3 is 0 Å². The zero-order valence-electron chi connectivity index (χ0n) is 24.4. The van der Waals surface area contributed by atoms with Crippen LogP contribution in [0.2, 0.25) is 0 Å². The second-order valence-electron chi connectivity index (χ2n) is 11.8. The van der Waals surface area contributed by atoms with Gasteiger partial charge in [-0.05, 0) is 59.8 Å². The summed E-state index contributed by atoms with van der Waals surface area (Å²) in [5.41, 5.74) is 2.54. The van der Waals surface area contributed by atoms with E-state index in [0.29, 0.717) is 24.3 Å². The Kier molecular flexibility index (Phi) is 9.04. The number of rotatable bonds is 8. The second kappa shape index (κ2) is 13.2. The third-order valence-electron chi connectivity index (χ3n) is 9.29. The molecular formula is C34H44N4O3. The van der Waals surface area contributed by atoms with Gasteiger partial charge in [0.15, 0.2) is 0 Å². The van der Waals surface area contributed by atoms with Crippen molar-refractivity contribution < 1.29 is 14.3 Å². The van der Waals surface area contributed by atoms with Crippen molar-refractivity contribution in [2.24, 2.45) is 5.92 Å². The molecule has 0 aromatic heterocycles. The van der Waals surface area contributed by atoms with E-state index in [2.05, 4.69) is 74.2 Å². The third-order valence-corrected chi connectivity index (χ3v) is 9.29. The number of fused-ring (bicyclic) bond motifs is 1. The number of hydrogen-bond acceptors (Lipinski definition) is 6. The van der Waals surface area contributed by atoms with Gasteiger partial charge < -0.3 is 19.3 Å². The minimum Gasteiger partial charge on any atom is -0.497 e. The average molecular weight is 557 g/mol. The van der Waals surface area contributed by atoms with Crippen LogP contribution in [-0.2, 0) is 16.1 Å². The van der Waals surface area contributed by atoms with Gasteiger partial charge in [-0.15, -0.1) is 0 Å². The lowest BCUT2D eigenvalue weighted by molar-refractivity contribution is -0.132. The molecule has 2 atom stereocenters. The van der Waals surface area contributed by atoms with Crippen LogP contribution in [0.1, 0.15) is 24.8 Å². The lowest BCUT2D eigenvalue weighted by Crippen LogP contribution is -2.54. The van der Waals surface area contributed by atoms with E-state index in [4.69, 9.17) is 9.47 Å². The van der Waals surface area contributed by atoms with Crippen molar-refractivity contribution in [2.45, 2.75) is 31.8 Å². The number of anilines is 1. The van der Waals surface area contributed by atoms with Crippen LogP contribution in [0.4, 0.5) is 5.69 Å². The fourth-order valence-electron chi connectivity index (χ4n) is 7.00. The molecule has 3 fully saturated rings. The van der Waals surface area contributed by atoms with Crippen LogP contribution in [0, 0.1) is 5.92 Å². The van der Waals surface area contributed by atoms with Gasteiger partial charge in [0.2, 0.25) is 5.91 Å². The summed E-state index contributed by atoms with van der Waals surface area (Å²) in [6.07, 6.45) is 2.74. The number of nitrogens with zero attached hydrogens (tertiary/aromatic N) is 4. The molecule has 0 N–H and O–H groups in total. The SMILES string of the molecule is COc1cccc(N2CCN(C(=O)CC[C@@H]3CN(Cc4ccc5ccccc5c4)CC[C@@H]3N3CCOCC3)CC2)c1. The predicted molar refractivity (Wildman–Crippen MR) is 165 cm³/mol. The Labute approximate surface area is 244 Å². The molecule has 41 heavy (non-hydrogen) atoms. The minimum atomic E-state index is 0.308. The number of methoxy groups -OCH3 is 1. The number of piperidine rings is 1. The van der Waals surface area contributed by atoms with Crippen LogP contribution in [0.5, 0.6) is 5.75 Å². The number of carbonyl (C=O) groups excluding carboxylic acids is 1.